The lowest BCUT2D eigenvalue weighted by Crippen LogP contribution is -2.09. The van der Waals surface area contributed by atoms with E-state index in [0.29, 0.717) is 17.0 Å². The summed E-state index contributed by atoms with van der Waals surface area (Å²) >= 11 is 0. The van der Waals surface area contributed by atoms with E-state index < -0.39 is 0 Å². The third-order valence-corrected chi connectivity index (χ3v) is 4.92. The number of imidazole rings is 1. The SMILES string of the molecule is CC(Nc1ncnc2[nH]c(-c3cnn(C)c3)nc12)c1cc[nH]c1-c1ccccc1. The molecule has 5 aromatic rings. The van der Waals surface area contributed by atoms with Crippen LogP contribution in [-0.4, -0.2) is 34.7 Å². The molecular formula is C21H20N8. The van der Waals surface area contributed by atoms with E-state index in [9.17, 15) is 0 Å². The predicted molar refractivity (Wildman–Crippen MR) is 112 cm³/mol. The minimum absolute atomic E-state index is 0.0214. The van der Waals surface area contributed by atoms with Crippen molar-refractivity contribution in [1.29, 1.82) is 0 Å². The summed E-state index contributed by atoms with van der Waals surface area (Å²) in [5.41, 5.74) is 5.69. The first kappa shape index (κ1) is 17.2. The van der Waals surface area contributed by atoms with Crippen molar-refractivity contribution in [3.8, 4) is 22.6 Å². The molecule has 5 rings (SSSR count). The van der Waals surface area contributed by atoms with Crippen LogP contribution >= 0.6 is 0 Å². The molecule has 144 valence electrons. The highest BCUT2D eigenvalue weighted by Gasteiger charge is 2.17. The van der Waals surface area contributed by atoms with Gasteiger partial charge in [-0.25, -0.2) is 15.0 Å². The van der Waals surface area contributed by atoms with Gasteiger partial charge in [0.15, 0.2) is 17.0 Å². The Labute approximate surface area is 167 Å². The van der Waals surface area contributed by atoms with Gasteiger partial charge in [0, 0.05) is 19.4 Å². The number of anilines is 1. The largest absolute Gasteiger partial charge is 0.362 e. The van der Waals surface area contributed by atoms with Crippen molar-refractivity contribution in [3.63, 3.8) is 0 Å². The van der Waals surface area contributed by atoms with Gasteiger partial charge in [0.2, 0.25) is 0 Å². The molecule has 0 aliphatic heterocycles. The topological polar surface area (TPSA) is 100 Å². The fraction of sp³-hybridized carbons (Fsp3) is 0.143. The zero-order chi connectivity index (χ0) is 19.8. The summed E-state index contributed by atoms with van der Waals surface area (Å²) in [7, 11) is 1.88. The van der Waals surface area contributed by atoms with Gasteiger partial charge < -0.3 is 15.3 Å². The van der Waals surface area contributed by atoms with E-state index in [0.717, 1.165) is 28.2 Å². The molecule has 0 bridgehead atoms. The van der Waals surface area contributed by atoms with Crippen molar-refractivity contribution in [2.24, 2.45) is 7.05 Å². The van der Waals surface area contributed by atoms with Crippen LogP contribution in [0.3, 0.4) is 0 Å². The summed E-state index contributed by atoms with van der Waals surface area (Å²) in [6.45, 7) is 2.11. The van der Waals surface area contributed by atoms with Crippen molar-refractivity contribution in [3.05, 3.63) is 66.9 Å². The molecule has 29 heavy (non-hydrogen) atoms. The number of fused-ring (bicyclic) bond motifs is 1. The molecule has 4 aromatic heterocycles. The Morgan fingerprint density at radius 2 is 1.93 bits per heavy atom. The third kappa shape index (κ3) is 3.14. The van der Waals surface area contributed by atoms with Gasteiger partial charge in [-0.2, -0.15) is 5.10 Å². The minimum Gasteiger partial charge on any atom is -0.362 e. The first-order valence-electron chi connectivity index (χ1n) is 9.38. The second-order valence-corrected chi connectivity index (χ2v) is 6.95. The third-order valence-electron chi connectivity index (χ3n) is 4.92. The number of aryl methyl sites for hydroxylation is 1. The first-order valence-corrected chi connectivity index (χ1v) is 9.38. The molecule has 0 aliphatic carbocycles. The lowest BCUT2D eigenvalue weighted by Gasteiger charge is -2.15. The average Bonchev–Trinajstić information content (AvgIpc) is 3.47. The van der Waals surface area contributed by atoms with Crippen molar-refractivity contribution >= 4 is 17.0 Å². The molecule has 0 saturated heterocycles. The summed E-state index contributed by atoms with van der Waals surface area (Å²) < 4.78 is 1.74. The maximum absolute atomic E-state index is 4.71. The van der Waals surface area contributed by atoms with Gasteiger partial charge in [0.1, 0.15) is 12.2 Å². The molecule has 3 N–H and O–H groups in total. The second-order valence-electron chi connectivity index (χ2n) is 6.95. The average molecular weight is 384 g/mol. The number of rotatable bonds is 5. The number of benzene rings is 1. The van der Waals surface area contributed by atoms with Gasteiger partial charge in [-0.1, -0.05) is 30.3 Å². The Balaban J connectivity index is 1.48. The Hall–Kier alpha value is -3.94. The molecular weight excluding hydrogens is 364 g/mol. The second kappa shape index (κ2) is 6.90. The number of aromatic nitrogens is 7. The standard InChI is InChI=1S/C21H20N8/c1-13(16-8-9-22-17(16)14-6-4-3-5-7-14)26-20-18-21(24-12-23-20)28-19(27-18)15-10-25-29(2)11-15/h3-13,22H,1-2H3,(H2,23,24,26,27,28). The van der Waals surface area contributed by atoms with E-state index in [4.69, 9.17) is 4.98 Å². The number of hydrogen-bond donors (Lipinski definition) is 3. The van der Waals surface area contributed by atoms with Crippen LogP contribution in [0.2, 0.25) is 0 Å². The van der Waals surface area contributed by atoms with Crippen LogP contribution < -0.4 is 5.32 Å². The molecule has 8 nitrogen and oxygen atoms in total. The molecule has 1 atom stereocenters. The smallest absolute Gasteiger partial charge is 0.163 e. The fourth-order valence-electron chi connectivity index (χ4n) is 3.49. The van der Waals surface area contributed by atoms with E-state index >= 15 is 0 Å². The van der Waals surface area contributed by atoms with Crippen LogP contribution in [0.5, 0.6) is 0 Å². The van der Waals surface area contributed by atoms with Crippen molar-refractivity contribution in [1.82, 2.24) is 34.7 Å². The summed E-state index contributed by atoms with van der Waals surface area (Å²) in [5.74, 6) is 1.41. The molecule has 8 heteroatoms. The van der Waals surface area contributed by atoms with Crippen LogP contribution in [0, 0.1) is 0 Å². The molecule has 0 fully saturated rings. The zero-order valence-corrected chi connectivity index (χ0v) is 16.1. The van der Waals surface area contributed by atoms with Crippen LogP contribution in [0.25, 0.3) is 33.8 Å². The highest BCUT2D eigenvalue weighted by Crippen LogP contribution is 2.30. The van der Waals surface area contributed by atoms with Gasteiger partial charge in [0.25, 0.3) is 0 Å². The maximum Gasteiger partial charge on any atom is 0.163 e. The molecule has 0 radical (unpaired) electrons. The Bertz CT molecular complexity index is 1260. The molecule has 4 heterocycles. The molecule has 0 spiro atoms. The molecule has 0 saturated carbocycles. The lowest BCUT2D eigenvalue weighted by atomic mass is 10.0. The van der Waals surface area contributed by atoms with E-state index in [1.165, 1.54) is 6.33 Å². The summed E-state index contributed by atoms with van der Waals surface area (Å²) in [6, 6.07) is 12.4. The molecule has 0 amide bonds. The zero-order valence-electron chi connectivity index (χ0n) is 16.1. The summed E-state index contributed by atoms with van der Waals surface area (Å²) in [4.78, 5) is 20.1. The number of H-pyrrole nitrogens is 2. The van der Waals surface area contributed by atoms with E-state index in [2.05, 4.69) is 55.5 Å². The van der Waals surface area contributed by atoms with Crippen molar-refractivity contribution in [2.75, 3.05) is 5.32 Å². The number of nitrogens with zero attached hydrogens (tertiary/aromatic N) is 5. The highest BCUT2D eigenvalue weighted by molar-refractivity contribution is 5.85. The van der Waals surface area contributed by atoms with Crippen LogP contribution in [-0.2, 0) is 7.05 Å². The highest BCUT2D eigenvalue weighted by atomic mass is 15.2. The monoisotopic (exact) mass is 384 g/mol. The number of nitrogens with one attached hydrogen (secondary N) is 3. The first-order chi connectivity index (χ1) is 14.2. The van der Waals surface area contributed by atoms with Gasteiger partial charge in [-0.05, 0) is 24.1 Å². The number of aromatic amines is 2. The van der Waals surface area contributed by atoms with Crippen molar-refractivity contribution in [2.45, 2.75) is 13.0 Å². The predicted octanol–water partition coefficient (Wildman–Crippen LogP) is 3.92. The van der Waals surface area contributed by atoms with Gasteiger partial charge >= 0.3 is 0 Å². The quantitative estimate of drug-likeness (QED) is 0.426. The van der Waals surface area contributed by atoms with E-state index in [1.807, 2.05) is 37.6 Å². The molecule has 1 unspecified atom stereocenters. The number of hydrogen-bond acceptors (Lipinski definition) is 5. The Kier molecular flexibility index (Phi) is 4.09. The lowest BCUT2D eigenvalue weighted by molar-refractivity contribution is 0.768. The van der Waals surface area contributed by atoms with Gasteiger partial charge in [0.05, 0.1) is 23.5 Å². The van der Waals surface area contributed by atoms with E-state index in [1.54, 1.807) is 10.9 Å². The maximum atomic E-state index is 4.71. The Morgan fingerprint density at radius 1 is 1.07 bits per heavy atom. The summed E-state index contributed by atoms with van der Waals surface area (Å²) in [6.07, 6.45) is 7.18. The van der Waals surface area contributed by atoms with Crippen LogP contribution in [0.4, 0.5) is 5.82 Å². The van der Waals surface area contributed by atoms with Gasteiger partial charge in [-0.3, -0.25) is 4.68 Å². The minimum atomic E-state index is 0.0214. The molecule has 1 aromatic carbocycles. The van der Waals surface area contributed by atoms with Crippen LogP contribution in [0.15, 0.2) is 61.3 Å². The molecule has 0 aliphatic rings. The summed E-state index contributed by atoms with van der Waals surface area (Å²) in [5, 5.41) is 7.70. The van der Waals surface area contributed by atoms with Crippen LogP contribution in [0.1, 0.15) is 18.5 Å². The fourth-order valence-corrected chi connectivity index (χ4v) is 3.49. The van der Waals surface area contributed by atoms with Gasteiger partial charge in [-0.15, -0.1) is 0 Å². The van der Waals surface area contributed by atoms with Crippen molar-refractivity contribution < 1.29 is 0 Å². The Morgan fingerprint density at radius 3 is 2.72 bits per heavy atom. The normalized spacial score (nSPS) is 12.3. The van der Waals surface area contributed by atoms with E-state index in [-0.39, 0.29) is 6.04 Å².